The Morgan fingerprint density at radius 3 is 2.25 bits per heavy atom. The van der Waals surface area contributed by atoms with Crippen LogP contribution in [0.2, 0.25) is 0 Å². The highest BCUT2D eigenvalue weighted by molar-refractivity contribution is 6.10. The molecule has 5 aromatic carbocycles. The molecule has 0 amide bonds. The molecule has 0 N–H and O–H groups in total. The molecule has 0 radical (unpaired) electrons. The predicted molar refractivity (Wildman–Crippen MR) is 213 cm³/mol. The highest BCUT2D eigenvalue weighted by Gasteiger charge is 2.23. The number of nitrogens with zero attached hydrogens (tertiary/aromatic N) is 3. The number of aromatic nitrogens is 3. The summed E-state index contributed by atoms with van der Waals surface area (Å²) in [4.78, 5) is 15.6. The molecule has 0 saturated heterocycles. The van der Waals surface area contributed by atoms with E-state index in [0.29, 0.717) is 23.4 Å². The van der Waals surface area contributed by atoms with Crippen molar-refractivity contribution < 1.29 is 8.83 Å². The van der Waals surface area contributed by atoms with E-state index in [-0.39, 0.29) is 5.92 Å². The Hall–Kier alpha value is -6.59. The van der Waals surface area contributed by atoms with E-state index in [1.807, 2.05) is 44.2 Å². The van der Waals surface area contributed by atoms with Gasteiger partial charge in [0.25, 0.3) is 0 Å². The van der Waals surface area contributed by atoms with Crippen LogP contribution < -0.4 is 0 Å². The van der Waals surface area contributed by atoms with Crippen molar-refractivity contribution in [3.63, 3.8) is 0 Å². The van der Waals surface area contributed by atoms with Crippen LogP contribution in [-0.2, 0) is 0 Å². The Balaban J connectivity index is 1.23. The van der Waals surface area contributed by atoms with Crippen molar-refractivity contribution >= 4 is 55.3 Å². The molecular weight excluding hydrogens is 639 g/mol. The second-order valence-electron chi connectivity index (χ2n) is 13.5. The van der Waals surface area contributed by atoms with E-state index in [1.165, 1.54) is 0 Å². The quantitative estimate of drug-likeness (QED) is 0.182. The molecule has 3 aromatic heterocycles. The lowest BCUT2D eigenvalue weighted by molar-refractivity contribution is 0.577. The fourth-order valence-corrected chi connectivity index (χ4v) is 7.85. The Kier molecular flexibility index (Phi) is 7.00. The van der Waals surface area contributed by atoms with Crippen LogP contribution in [0, 0.1) is 18.8 Å². The number of rotatable bonds is 5. The molecule has 0 bridgehead atoms. The average Bonchev–Trinajstić information content (AvgIpc) is 3.74. The smallest absolute Gasteiger partial charge is 0.167 e. The van der Waals surface area contributed by atoms with Gasteiger partial charge in [0.05, 0.1) is 5.56 Å². The number of fused-ring (bicyclic) bond motifs is 6. The number of aryl methyl sites for hydroxylation is 1. The van der Waals surface area contributed by atoms with Gasteiger partial charge in [0.1, 0.15) is 22.5 Å². The minimum Gasteiger partial charge on any atom is -0.461 e. The molecule has 2 aliphatic carbocycles. The van der Waals surface area contributed by atoms with Gasteiger partial charge in [-0.15, -0.1) is 0 Å². The van der Waals surface area contributed by atoms with Crippen LogP contribution in [0.15, 0.2) is 155 Å². The Morgan fingerprint density at radius 1 is 0.615 bits per heavy atom. The lowest BCUT2D eigenvalue weighted by atomic mass is 9.83. The monoisotopic (exact) mass is 671 g/mol. The number of benzene rings is 5. The van der Waals surface area contributed by atoms with Gasteiger partial charge in [0.2, 0.25) is 0 Å². The number of hydrogen-bond acceptors (Lipinski definition) is 5. The second-order valence-corrected chi connectivity index (χ2v) is 13.5. The predicted octanol–water partition coefficient (Wildman–Crippen LogP) is 12.3. The number of hydrogen-bond donors (Lipinski definition) is 0. The molecule has 0 spiro atoms. The third-order valence-electron chi connectivity index (χ3n) is 10.3. The summed E-state index contributed by atoms with van der Waals surface area (Å²) < 4.78 is 12.8. The molecule has 52 heavy (non-hydrogen) atoms. The van der Waals surface area contributed by atoms with Crippen LogP contribution in [0.25, 0.3) is 89.2 Å². The van der Waals surface area contributed by atoms with E-state index in [2.05, 4.69) is 121 Å². The second kappa shape index (κ2) is 12.0. The standard InChI is InChI=1S/C47H33N3O2/c1-3-12-34-28(2)51-42-22-11-18-37(43(34)42)40-27-33(26-31-15-6-7-16-35(31)40)46-48-45(32-24-23-29-13-4-5-14-30(29)25-32)49-47(50-46)39-20-10-19-38-36-17-8-9-21-41(36)52-44(38)39/h3-27,29-30H,1-2H3/b12-3-. The highest BCUT2D eigenvalue weighted by atomic mass is 16.3. The molecule has 8 aromatic rings. The van der Waals surface area contributed by atoms with Crippen molar-refractivity contribution in [3.8, 4) is 33.9 Å². The molecule has 248 valence electrons. The average molecular weight is 672 g/mol. The summed E-state index contributed by atoms with van der Waals surface area (Å²) in [6.07, 6.45) is 19.6. The van der Waals surface area contributed by atoms with Gasteiger partial charge in [-0.1, -0.05) is 121 Å². The summed E-state index contributed by atoms with van der Waals surface area (Å²) in [6.45, 7) is 4.07. The third-order valence-corrected chi connectivity index (χ3v) is 10.3. The SMILES string of the molecule is C/C=C\c1c(C)oc2cccc(-c3cc(-c4nc(C5=CC6C=CC=CC6C=C5)nc(-c5cccc6c5oc5ccccc56)n4)cc4ccccc34)c12. The number of furan rings is 2. The van der Waals surface area contributed by atoms with Crippen LogP contribution >= 0.6 is 0 Å². The molecule has 5 nitrogen and oxygen atoms in total. The van der Waals surface area contributed by atoms with Crippen molar-refractivity contribution in [2.24, 2.45) is 11.8 Å². The first-order chi connectivity index (χ1) is 25.6. The van der Waals surface area contributed by atoms with Crippen molar-refractivity contribution in [1.29, 1.82) is 0 Å². The summed E-state index contributed by atoms with van der Waals surface area (Å²) in [5.41, 5.74) is 8.44. The zero-order valence-electron chi connectivity index (χ0n) is 28.7. The van der Waals surface area contributed by atoms with E-state index >= 15 is 0 Å². The summed E-state index contributed by atoms with van der Waals surface area (Å²) >= 11 is 0. The van der Waals surface area contributed by atoms with E-state index in [4.69, 9.17) is 23.8 Å². The maximum atomic E-state index is 6.49. The molecular formula is C47H33N3O2. The van der Waals surface area contributed by atoms with E-state index < -0.39 is 0 Å². The first kappa shape index (κ1) is 30.3. The molecule has 2 aliphatic rings. The first-order valence-electron chi connectivity index (χ1n) is 17.7. The van der Waals surface area contributed by atoms with Crippen LogP contribution in [0.1, 0.15) is 24.1 Å². The van der Waals surface area contributed by atoms with E-state index in [9.17, 15) is 0 Å². The van der Waals surface area contributed by atoms with Gasteiger partial charge in [-0.25, -0.2) is 15.0 Å². The summed E-state index contributed by atoms with van der Waals surface area (Å²) in [5, 5.41) is 5.43. The van der Waals surface area contributed by atoms with Crippen LogP contribution in [0.3, 0.4) is 0 Å². The molecule has 2 atom stereocenters. The van der Waals surface area contributed by atoms with Gasteiger partial charge in [0.15, 0.2) is 17.5 Å². The lowest BCUT2D eigenvalue weighted by Crippen LogP contribution is -2.12. The van der Waals surface area contributed by atoms with Crippen molar-refractivity contribution in [1.82, 2.24) is 15.0 Å². The molecule has 10 rings (SSSR count). The van der Waals surface area contributed by atoms with Crippen LogP contribution in [0.5, 0.6) is 0 Å². The highest BCUT2D eigenvalue weighted by Crippen LogP contribution is 2.42. The van der Waals surface area contributed by atoms with Gasteiger partial charge in [-0.2, -0.15) is 0 Å². The summed E-state index contributed by atoms with van der Waals surface area (Å²) in [7, 11) is 0. The van der Waals surface area contributed by atoms with Gasteiger partial charge < -0.3 is 8.83 Å². The van der Waals surface area contributed by atoms with Crippen molar-refractivity contribution in [3.05, 3.63) is 163 Å². The molecule has 0 fully saturated rings. The van der Waals surface area contributed by atoms with Crippen LogP contribution in [0.4, 0.5) is 0 Å². The molecule has 0 aliphatic heterocycles. The molecule has 3 heterocycles. The largest absolute Gasteiger partial charge is 0.461 e. The third kappa shape index (κ3) is 4.89. The normalized spacial score (nSPS) is 16.8. The topological polar surface area (TPSA) is 65.0 Å². The zero-order chi connectivity index (χ0) is 34.8. The fraction of sp³-hybridized carbons (Fsp3) is 0.0851. The summed E-state index contributed by atoms with van der Waals surface area (Å²) in [6, 6.07) is 33.5. The van der Waals surface area contributed by atoms with Gasteiger partial charge in [-0.3, -0.25) is 0 Å². The molecule has 5 heteroatoms. The molecule has 2 unspecified atom stereocenters. The van der Waals surface area contributed by atoms with Crippen molar-refractivity contribution in [2.75, 3.05) is 0 Å². The van der Waals surface area contributed by atoms with Gasteiger partial charge in [-0.05, 0) is 66.1 Å². The summed E-state index contributed by atoms with van der Waals surface area (Å²) in [5.74, 6) is 3.25. The van der Waals surface area contributed by atoms with Crippen molar-refractivity contribution in [2.45, 2.75) is 13.8 Å². The maximum absolute atomic E-state index is 6.49. The number of allylic oxidation sites excluding steroid dienone is 9. The first-order valence-corrected chi connectivity index (χ1v) is 17.7. The lowest BCUT2D eigenvalue weighted by Gasteiger charge is -2.22. The molecule has 0 saturated carbocycles. The van der Waals surface area contributed by atoms with Gasteiger partial charge >= 0.3 is 0 Å². The number of para-hydroxylation sites is 2. The van der Waals surface area contributed by atoms with E-state index in [1.54, 1.807) is 0 Å². The zero-order valence-corrected chi connectivity index (χ0v) is 28.7. The Morgan fingerprint density at radius 2 is 1.35 bits per heavy atom. The fourth-order valence-electron chi connectivity index (χ4n) is 7.85. The Bertz CT molecular complexity index is 2900. The minimum atomic E-state index is 0.241. The maximum Gasteiger partial charge on any atom is 0.167 e. The van der Waals surface area contributed by atoms with Crippen LogP contribution in [-0.4, -0.2) is 15.0 Å². The minimum absolute atomic E-state index is 0.241. The van der Waals surface area contributed by atoms with E-state index in [0.717, 1.165) is 82.8 Å². The van der Waals surface area contributed by atoms with Gasteiger partial charge in [0, 0.05) is 44.7 Å². The Labute approximate surface area is 300 Å².